The van der Waals surface area contributed by atoms with E-state index in [0.29, 0.717) is 19.1 Å². The minimum atomic E-state index is -0.288. The molecule has 0 aliphatic carbocycles. The molecule has 0 N–H and O–H groups in total. The number of aryl methyl sites for hydroxylation is 1. The average Bonchev–Trinajstić information content (AvgIpc) is 3.11. The molecule has 148 valence electrons. The van der Waals surface area contributed by atoms with Gasteiger partial charge >= 0.3 is 6.09 Å². The molecular weight excluding hydrogens is 368 g/mol. The molecule has 3 heterocycles. The maximum absolute atomic E-state index is 12.8. The molecule has 2 aromatic carbocycles. The van der Waals surface area contributed by atoms with Gasteiger partial charge in [-0.2, -0.15) is 0 Å². The van der Waals surface area contributed by atoms with Crippen LogP contribution in [-0.4, -0.2) is 41.3 Å². The Morgan fingerprint density at radius 2 is 2.07 bits per heavy atom. The molecule has 1 fully saturated rings. The van der Waals surface area contributed by atoms with Crippen molar-refractivity contribution in [3.05, 3.63) is 71.6 Å². The van der Waals surface area contributed by atoms with E-state index < -0.39 is 0 Å². The van der Waals surface area contributed by atoms with Gasteiger partial charge in [-0.1, -0.05) is 42.5 Å². The Morgan fingerprint density at radius 3 is 2.90 bits per heavy atom. The van der Waals surface area contributed by atoms with E-state index in [0.717, 1.165) is 28.6 Å². The van der Waals surface area contributed by atoms with E-state index in [1.165, 1.54) is 5.57 Å². The van der Waals surface area contributed by atoms with Crippen LogP contribution in [0.4, 0.5) is 4.79 Å². The topological polar surface area (TPSA) is 64.8 Å². The van der Waals surface area contributed by atoms with Crippen LogP contribution in [0.2, 0.25) is 0 Å². The van der Waals surface area contributed by atoms with Crippen molar-refractivity contribution in [3.8, 4) is 0 Å². The normalized spacial score (nSPS) is 21.1. The highest BCUT2D eigenvalue weighted by Crippen LogP contribution is 2.34. The second-order valence-electron chi connectivity index (χ2n) is 7.52. The molecule has 0 radical (unpaired) electrons. The Bertz CT molecular complexity index is 1070. The summed E-state index contributed by atoms with van der Waals surface area (Å²) in [6, 6.07) is 15.6. The fourth-order valence-corrected chi connectivity index (χ4v) is 4.13. The highest BCUT2D eigenvalue weighted by atomic mass is 16.6. The second kappa shape index (κ2) is 7.37. The van der Waals surface area contributed by atoms with Crippen molar-refractivity contribution < 1.29 is 18.7 Å². The summed E-state index contributed by atoms with van der Waals surface area (Å²) < 4.78 is 17.0. The van der Waals surface area contributed by atoms with Crippen LogP contribution in [0.3, 0.4) is 0 Å². The predicted octanol–water partition coefficient (Wildman–Crippen LogP) is 4.33. The molecule has 2 aliphatic heterocycles. The van der Waals surface area contributed by atoms with Gasteiger partial charge in [0.2, 0.25) is 0 Å². The predicted molar refractivity (Wildman–Crippen MR) is 108 cm³/mol. The number of carbonyl (C=O) groups is 1. The molecule has 2 atom stereocenters. The van der Waals surface area contributed by atoms with Crippen molar-refractivity contribution in [2.45, 2.75) is 32.0 Å². The van der Waals surface area contributed by atoms with Crippen LogP contribution in [0.15, 0.2) is 59.0 Å². The molecule has 29 heavy (non-hydrogen) atoms. The van der Waals surface area contributed by atoms with Gasteiger partial charge < -0.3 is 13.9 Å². The van der Waals surface area contributed by atoms with Gasteiger partial charge in [0, 0.05) is 6.92 Å². The van der Waals surface area contributed by atoms with E-state index in [-0.39, 0.29) is 24.8 Å². The third kappa shape index (κ3) is 3.51. The lowest BCUT2D eigenvalue weighted by Gasteiger charge is -2.43. The number of fused-ring (bicyclic) bond motifs is 3. The zero-order valence-electron chi connectivity index (χ0n) is 16.2. The van der Waals surface area contributed by atoms with Gasteiger partial charge in [0.25, 0.3) is 0 Å². The lowest BCUT2D eigenvalue weighted by molar-refractivity contribution is -0.0342. The average molecular weight is 390 g/mol. The number of ether oxygens (including phenoxy) is 2. The van der Waals surface area contributed by atoms with Gasteiger partial charge in [-0.15, -0.1) is 0 Å². The Balaban J connectivity index is 1.36. The number of rotatable bonds is 3. The highest BCUT2D eigenvalue weighted by molar-refractivity contribution is 5.81. The van der Waals surface area contributed by atoms with Crippen LogP contribution in [0.5, 0.6) is 0 Å². The SMILES string of the molecule is Cc1nc2ccc(C3=CC4COCC(C3)N4C(=O)OCc3ccccc3)cc2o1. The first-order valence-corrected chi connectivity index (χ1v) is 9.82. The van der Waals surface area contributed by atoms with E-state index in [4.69, 9.17) is 13.9 Å². The maximum atomic E-state index is 12.8. The molecule has 1 saturated heterocycles. The molecule has 1 amide bonds. The van der Waals surface area contributed by atoms with Gasteiger partial charge in [0.15, 0.2) is 11.5 Å². The summed E-state index contributed by atoms with van der Waals surface area (Å²) in [5, 5.41) is 0. The van der Waals surface area contributed by atoms with Crippen LogP contribution < -0.4 is 0 Å². The molecule has 5 rings (SSSR count). The molecule has 0 saturated carbocycles. The van der Waals surface area contributed by atoms with E-state index in [1.807, 2.05) is 54.3 Å². The molecule has 1 aromatic heterocycles. The fraction of sp³-hybridized carbons (Fsp3) is 0.304. The molecule has 0 spiro atoms. The van der Waals surface area contributed by atoms with E-state index in [2.05, 4.69) is 17.1 Å². The third-order valence-corrected chi connectivity index (χ3v) is 5.48. The number of hydrogen-bond donors (Lipinski definition) is 0. The molecule has 3 aromatic rings. The lowest BCUT2D eigenvalue weighted by Crippen LogP contribution is -2.56. The summed E-state index contributed by atoms with van der Waals surface area (Å²) in [5.41, 5.74) is 4.92. The van der Waals surface area contributed by atoms with Gasteiger partial charge in [0.1, 0.15) is 12.1 Å². The largest absolute Gasteiger partial charge is 0.445 e. The van der Waals surface area contributed by atoms with E-state index in [9.17, 15) is 4.79 Å². The van der Waals surface area contributed by atoms with Crippen LogP contribution in [-0.2, 0) is 16.1 Å². The minimum absolute atomic E-state index is 0.0378. The van der Waals surface area contributed by atoms with Crippen molar-refractivity contribution in [1.29, 1.82) is 0 Å². The first kappa shape index (κ1) is 17.9. The van der Waals surface area contributed by atoms with E-state index in [1.54, 1.807) is 0 Å². The summed E-state index contributed by atoms with van der Waals surface area (Å²) in [5.74, 6) is 0.660. The quantitative estimate of drug-likeness (QED) is 0.666. The second-order valence-corrected chi connectivity index (χ2v) is 7.52. The van der Waals surface area contributed by atoms with Crippen LogP contribution >= 0.6 is 0 Å². The Labute approximate surface area is 168 Å². The Morgan fingerprint density at radius 1 is 1.21 bits per heavy atom. The zero-order valence-corrected chi connectivity index (χ0v) is 16.2. The van der Waals surface area contributed by atoms with Crippen molar-refractivity contribution in [2.24, 2.45) is 0 Å². The molecular formula is C23H22N2O4. The van der Waals surface area contributed by atoms with Crippen molar-refractivity contribution in [1.82, 2.24) is 9.88 Å². The maximum Gasteiger partial charge on any atom is 0.411 e. The lowest BCUT2D eigenvalue weighted by atomic mass is 9.90. The zero-order chi connectivity index (χ0) is 19.8. The minimum Gasteiger partial charge on any atom is -0.445 e. The number of hydrogen-bond acceptors (Lipinski definition) is 5. The van der Waals surface area contributed by atoms with Gasteiger partial charge in [-0.05, 0) is 35.3 Å². The van der Waals surface area contributed by atoms with Crippen LogP contribution in [0.25, 0.3) is 16.7 Å². The summed E-state index contributed by atoms with van der Waals surface area (Å²) in [6.45, 7) is 3.11. The van der Waals surface area contributed by atoms with Gasteiger partial charge in [0.05, 0.1) is 25.3 Å². The highest BCUT2D eigenvalue weighted by Gasteiger charge is 2.39. The first-order chi connectivity index (χ1) is 14.2. The Kier molecular flexibility index (Phi) is 4.56. The summed E-state index contributed by atoms with van der Waals surface area (Å²) in [6.07, 6.45) is 2.54. The number of amides is 1. The third-order valence-electron chi connectivity index (χ3n) is 5.48. The fourth-order valence-electron chi connectivity index (χ4n) is 4.13. The summed E-state index contributed by atoms with van der Waals surface area (Å²) in [4.78, 5) is 19.0. The number of carbonyl (C=O) groups excluding carboxylic acids is 1. The number of aromatic nitrogens is 1. The number of oxazole rings is 1. The summed E-state index contributed by atoms with van der Waals surface area (Å²) >= 11 is 0. The number of benzene rings is 2. The van der Waals surface area contributed by atoms with Crippen molar-refractivity contribution in [3.63, 3.8) is 0 Å². The Hall–Kier alpha value is -3.12. The molecule has 2 bridgehead atoms. The summed E-state index contributed by atoms with van der Waals surface area (Å²) in [7, 11) is 0. The smallest absolute Gasteiger partial charge is 0.411 e. The van der Waals surface area contributed by atoms with E-state index >= 15 is 0 Å². The molecule has 6 nitrogen and oxygen atoms in total. The standard InChI is InChI=1S/C23H22N2O4/c1-15-24-21-8-7-17(11-22(21)29-15)18-9-19-13-27-14-20(10-18)25(19)23(26)28-12-16-5-3-2-4-6-16/h2-9,11,19-20H,10,12-14H2,1H3. The van der Waals surface area contributed by atoms with Crippen molar-refractivity contribution in [2.75, 3.05) is 13.2 Å². The number of morpholine rings is 1. The molecule has 6 heteroatoms. The monoisotopic (exact) mass is 390 g/mol. The van der Waals surface area contributed by atoms with Crippen LogP contribution in [0, 0.1) is 6.92 Å². The number of nitrogens with zero attached hydrogens (tertiary/aromatic N) is 2. The van der Waals surface area contributed by atoms with Gasteiger partial charge in [-0.25, -0.2) is 9.78 Å². The first-order valence-electron chi connectivity index (χ1n) is 9.82. The molecule has 2 aliphatic rings. The molecule has 2 unspecified atom stereocenters. The van der Waals surface area contributed by atoms with Gasteiger partial charge in [-0.3, -0.25) is 4.90 Å². The van der Waals surface area contributed by atoms with Crippen LogP contribution in [0.1, 0.15) is 23.4 Å². The van der Waals surface area contributed by atoms with Crippen molar-refractivity contribution >= 4 is 22.8 Å².